The fourth-order valence-electron chi connectivity index (χ4n) is 2.79. The summed E-state index contributed by atoms with van der Waals surface area (Å²) in [5.74, 6) is 3.21. The molecule has 0 saturated carbocycles. The Morgan fingerprint density at radius 2 is 1.33 bits per heavy atom. The number of benzene rings is 3. The van der Waals surface area contributed by atoms with Crippen LogP contribution in [0.3, 0.4) is 0 Å². The lowest BCUT2D eigenvalue weighted by Gasteiger charge is -2.14. The van der Waals surface area contributed by atoms with Crippen molar-refractivity contribution in [2.45, 2.75) is 39.5 Å². The monoisotopic (exact) mass is 364 g/mol. The van der Waals surface area contributed by atoms with Crippen molar-refractivity contribution in [2.75, 3.05) is 13.2 Å². The highest BCUT2D eigenvalue weighted by Gasteiger charge is 2.10. The van der Waals surface area contributed by atoms with Gasteiger partial charge < -0.3 is 14.2 Å². The summed E-state index contributed by atoms with van der Waals surface area (Å²) in [6, 6.07) is 20.1. The minimum Gasteiger partial charge on any atom is -0.494 e. The number of unbranched alkanes of at least 4 members (excludes halogenated alkanes) is 2. The van der Waals surface area contributed by atoms with E-state index < -0.39 is 0 Å². The van der Waals surface area contributed by atoms with Gasteiger partial charge in [0.25, 0.3) is 0 Å². The predicted octanol–water partition coefficient (Wildman–Crippen LogP) is 6.99. The zero-order valence-electron chi connectivity index (χ0n) is 16.2. The first-order chi connectivity index (χ1) is 13.3. The minimum atomic E-state index is 0.680. The quantitative estimate of drug-likeness (QED) is 0.363. The molecule has 3 aromatic rings. The van der Waals surface area contributed by atoms with Crippen LogP contribution in [0.1, 0.15) is 39.5 Å². The second-order valence-electron chi connectivity index (χ2n) is 6.63. The Labute approximate surface area is 161 Å². The molecule has 3 aromatic carbocycles. The van der Waals surface area contributed by atoms with Crippen LogP contribution >= 0.6 is 0 Å². The lowest BCUT2D eigenvalue weighted by atomic mass is 10.1. The maximum absolute atomic E-state index is 6.10. The van der Waals surface area contributed by atoms with Crippen molar-refractivity contribution in [1.29, 1.82) is 0 Å². The maximum atomic E-state index is 6.10. The molecule has 0 aromatic heterocycles. The Kier molecular flexibility index (Phi) is 6.97. The van der Waals surface area contributed by atoms with Crippen LogP contribution in [-0.2, 0) is 0 Å². The van der Waals surface area contributed by atoms with E-state index >= 15 is 0 Å². The summed E-state index contributed by atoms with van der Waals surface area (Å²) in [7, 11) is 0. The Morgan fingerprint density at radius 1 is 0.630 bits per heavy atom. The third kappa shape index (κ3) is 5.40. The maximum Gasteiger partial charge on any atom is 0.169 e. The minimum absolute atomic E-state index is 0.680. The van der Waals surface area contributed by atoms with Gasteiger partial charge >= 0.3 is 0 Å². The van der Waals surface area contributed by atoms with E-state index in [1.807, 2.05) is 42.5 Å². The highest BCUT2D eigenvalue weighted by molar-refractivity contribution is 5.87. The fraction of sp³-hybridized carbons (Fsp3) is 0.333. The average molecular weight is 364 g/mol. The van der Waals surface area contributed by atoms with Gasteiger partial charge in [-0.1, -0.05) is 51.0 Å². The molecule has 3 heteroatoms. The van der Waals surface area contributed by atoms with Crippen LogP contribution in [0.2, 0.25) is 0 Å². The molecule has 0 unspecified atom stereocenters. The largest absolute Gasteiger partial charge is 0.494 e. The van der Waals surface area contributed by atoms with Crippen molar-refractivity contribution in [1.82, 2.24) is 0 Å². The summed E-state index contributed by atoms with van der Waals surface area (Å²) in [5, 5.41) is 2.20. The van der Waals surface area contributed by atoms with Crippen molar-refractivity contribution < 1.29 is 14.2 Å². The highest BCUT2D eigenvalue weighted by Crippen LogP contribution is 2.37. The molecule has 142 valence electrons. The zero-order chi connectivity index (χ0) is 18.9. The molecule has 3 rings (SSSR count). The molecule has 0 fully saturated rings. The summed E-state index contributed by atoms with van der Waals surface area (Å²) in [6.45, 7) is 5.75. The van der Waals surface area contributed by atoms with E-state index in [1.165, 1.54) is 0 Å². The van der Waals surface area contributed by atoms with Gasteiger partial charge in [0.2, 0.25) is 0 Å². The van der Waals surface area contributed by atoms with Gasteiger partial charge in [-0.25, -0.2) is 0 Å². The Balaban J connectivity index is 1.89. The van der Waals surface area contributed by atoms with Crippen molar-refractivity contribution in [3.05, 3.63) is 60.7 Å². The first-order valence-corrected chi connectivity index (χ1v) is 9.86. The third-order valence-corrected chi connectivity index (χ3v) is 4.37. The number of para-hydroxylation sites is 1. The van der Waals surface area contributed by atoms with E-state index in [2.05, 4.69) is 32.0 Å². The third-order valence-electron chi connectivity index (χ3n) is 4.37. The Morgan fingerprint density at radius 3 is 2.07 bits per heavy atom. The van der Waals surface area contributed by atoms with Gasteiger partial charge in [-0.2, -0.15) is 0 Å². The van der Waals surface area contributed by atoms with Crippen molar-refractivity contribution in [3.8, 4) is 23.0 Å². The molecule has 0 atom stereocenters. The van der Waals surface area contributed by atoms with E-state index in [4.69, 9.17) is 14.2 Å². The topological polar surface area (TPSA) is 27.7 Å². The van der Waals surface area contributed by atoms with Gasteiger partial charge in [0.1, 0.15) is 11.5 Å². The van der Waals surface area contributed by atoms with Crippen LogP contribution in [0.25, 0.3) is 10.8 Å². The molecule has 0 radical (unpaired) electrons. The van der Waals surface area contributed by atoms with Gasteiger partial charge in [0.05, 0.1) is 13.2 Å². The van der Waals surface area contributed by atoms with E-state index in [9.17, 15) is 0 Å². The summed E-state index contributed by atoms with van der Waals surface area (Å²) in [4.78, 5) is 0. The molecule has 0 amide bonds. The van der Waals surface area contributed by atoms with Crippen LogP contribution in [-0.4, -0.2) is 13.2 Å². The van der Waals surface area contributed by atoms with Crippen LogP contribution < -0.4 is 14.2 Å². The van der Waals surface area contributed by atoms with Gasteiger partial charge in [-0.3, -0.25) is 0 Å². The Hall–Kier alpha value is -2.68. The fourth-order valence-corrected chi connectivity index (χ4v) is 2.79. The average Bonchev–Trinajstić information content (AvgIpc) is 2.69. The number of ether oxygens (including phenoxy) is 3. The van der Waals surface area contributed by atoms with Crippen molar-refractivity contribution in [3.63, 3.8) is 0 Å². The molecule has 27 heavy (non-hydrogen) atoms. The highest BCUT2D eigenvalue weighted by atomic mass is 16.5. The second-order valence-corrected chi connectivity index (χ2v) is 6.63. The smallest absolute Gasteiger partial charge is 0.169 e. The van der Waals surface area contributed by atoms with Crippen molar-refractivity contribution >= 4 is 10.8 Å². The number of hydrogen-bond acceptors (Lipinski definition) is 3. The van der Waals surface area contributed by atoms with Crippen LogP contribution in [0, 0.1) is 0 Å². The lowest BCUT2D eigenvalue weighted by molar-refractivity contribution is 0.295. The molecule has 0 aliphatic heterocycles. The van der Waals surface area contributed by atoms with Gasteiger partial charge in [-0.05, 0) is 60.0 Å². The summed E-state index contributed by atoms with van der Waals surface area (Å²) in [6.07, 6.45) is 4.30. The molecule has 0 heterocycles. The van der Waals surface area contributed by atoms with Crippen molar-refractivity contribution in [2.24, 2.45) is 0 Å². The SMILES string of the molecule is CCCCOc1ccc2cc(Oc3ccccc3)c(OCCCC)cc2c1. The zero-order valence-corrected chi connectivity index (χ0v) is 16.2. The van der Waals surface area contributed by atoms with Crippen LogP contribution in [0.4, 0.5) is 0 Å². The first-order valence-electron chi connectivity index (χ1n) is 9.86. The summed E-state index contributed by atoms with van der Waals surface area (Å²) < 4.78 is 18.0. The van der Waals surface area contributed by atoms with E-state index in [1.54, 1.807) is 0 Å². The summed E-state index contributed by atoms with van der Waals surface area (Å²) >= 11 is 0. The number of hydrogen-bond donors (Lipinski definition) is 0. The molecule has 0 spiro atoms. The second kappa shape index (κ2) is 9.86. The molecular weight excluding hydrogens is 336 g/mol. The van der Waals surface area contributed by atoms with E-state index in [0.29, 0.717) is 6.61 Å². The molecular formula is C24H28O3. The molecule has 3 nitrogen and oxygen atoms in total. The predicted molar refractivity (Wildman–Crippen MR) is 111 cm³/mol. The standard InChI is InChI=1S/C24H28O3/c1-3-5-14-25-22-13-12-19-17-24(27-21-10-8-7-9-11-21)23(18-20(19)16-22)26-15-6-4-2/h7-13,16-18H,3-6,14-15H2,1-2H3. The van der Waals surface area contributed by atoms with E-state index in [0.717, 1.165) is 66.1 Å². The molecule has 0 N–H and O–H groups in total. The van der Waals surface area contributed by atoms with Gasteiger partial charge in [0.15, 0.2) is 11.5 Å². The van der Waals surface area contributed by atoms with Crippen LogP contribution in [0.5, 0.6) is 23.0 Å². The Bertz CT molecular complexity index is 843. The van der Waals surface area contributed by atoms with Gasteiger partial charge in [-0.15, -0.1) is 0 Å². The molecule has 0 bridgehead atoms. The summed E-state index contributed by atoms with van der Waals surface area (Å²) in [5.41, 5.74) is 0. The number of fused-ring (bicyclic) bond motifs is 1. The van der Waals surface area contributed by atoms with E-state index in [-0.39, 0.29) is 0 Å². The molecule has 0 saturated heterocycles. The molecule has 0 aliphatic carbocycles. The van der Waals surface area contributed by atoms with Gasteiger partial charge in [0, 0.05) is 0 Å². The lowest BCUT2D eigenvalue weighted by Crippen LogP contribution is -1.99. The first kappa shape index (κ1) is 19.1. The van der Waals surface area contributed by atoms with Crippen LogP contribution in [0.15, 0.2) is 60.7 Å². The normalized spacial score (nSPS) is 10.7. The number of rotatable bonds is 10. The molecule has 0 aliphatic rings.